The zero-order valence-corrected chi connectivity index (χ0v) is 12.2. The normalized spacial score (nSPS) is 12.9. The zero-order chi connectivity index (χ0) is 13.2. The topological polar surface area (TPSA) is 67.2 Å². The van der Waals surface area contributed by atoms with Gasteiger partial charge in [0.05, 0.1) is 0 Å². The van der Waals surface area contributed by atoms with Gasteiger partial charge < -0.3 is 4.74 Å². The molecule has 0 saturated carbocycles. The largest absolute Gasteiger partial charge is 0.474 e. The summed E-state index contributed by atoms with van der Waals surface area (Å²) in [7, 11) is 1.40. The third-order valence-corrected chi connectivity index (χ3v) is 3.73. The summed E-state index contributed by atoms with van der Waals surface area (Å²) < 4.78 is 28.7. The minimum atomic E-state index is -3.92. The second kappa shape index (κ2) is 5.25. The molecule has 0 fully saturated rings. The van der Waals surface area contributed by atoms with Gasteiger partial charge in [-0.15, -0.1) is 0 Å². The third kappa shape index (κ3) is 3.60. The van der Waals surface area contributed by atoms with Crippen molar-refractivity contribution in [2.24, 2.45) is 0 Å². The lowest BCUT2D eigenvalue weighted by Crippen LogP contribution is -2.11. The number of aryl methyl sites for hydroxylation is 1. The molecule has 1 atom stereocenters. The van der Waals surface area contributed by atoms with Crippen molar-refractivity contribution >= 4 is 35.7 Å². The van der Waals surface area contributed by atoms with Crippen molar-refractivity contribution < 1.29 is 13.2 Å². The maximum atomic E-state index is 11.4. The minimum Gasteiger partial charge on any atom is -0.474 e. The molecule has 1 aromatic rings. The highest BCUT2D eigenvalue weighted by atomic mass is 79.9. The van der Waals surface area contributed by atoms with E-state index in [1.54, 1.807) is 13.0 Å². The molecule has 0 radical (unpaired) electrons. The average Bonchev–Trinajstić information content (AvgIpc) is 2.19. The number of rotatable bonds is 3. The highest BCUT2D eigenvalue weighted by Gasteiger charge is 2.21. The maximum Gasteiger partial charge on any atom is 0.265 e. The monoisotopic (exact) mass is 337 g/mol. The average molecular weight is 339 g/mol. The third-order valence-electron chi connectivity index (χ3n) is 1.94. The van der Waals surface area contributed by atoms with E-state index in [-0.39, 0.29) is 10.6 Å². The zero-order valence-electron chi connectivity index (χ0n) is 9.07. The second-order valence-corrected chi connectivity index (χ2v) is 6.83. The first-order chi connectivity index (χ1) is 7.75. The fourth-order valence-electron chi connectivity index (χ4n) is 1.23. The van der Waals surface area contributed by atoms with Crippen molar-refractivity contribution in [2.75, 3.05) is 0 Å². The molecule has 0 aliphatic heterocycles. The number of nitrogens with zero attached hydrogens (tertiary/aromatic N) is 1. The molecule has 0 aliphatic rings. The summed E-state index contributed by atoms with van der Waals surface area (Å²) in [5.74, 6) is 0.109. The van der Waals surface area contributed by atoms with Crippen LogP contribution in [0.1, 0.15) is 12.5 Å². The van der Waals surface area contributed by atoms with E-state index >= 15 is 0 Å². The van der Waals surface area contributed by atoms with Crippen molar-refractivity contribution in [2.45, 2.75) is 24.8 Å². The van der Waals surface area contributed by atoms with Crippen LogP contribution >= 0.6 is 26.6 Å². The van der Waals surface area contributed by atoms with Crippen molar-refractivity contribution in [3.05, 3.63) is 22.2 Å². The van der Waals surface area contributed by atoms with Gasteiger partial charge in [-0.05, 0) is 31.5 Å². The first-order valence-corrected chi connectivity index (χ1v) is 7.67. The lowest BCUT2D eigenvalue weighted by atomic mass is 10.2. The Balaban J connectivity index is 3.43. The van der Waals surface area contributed by atoms with Crippen LogP contribution in [0.5, 0.6) is 5.75 Å². The standard InChI is InChI=1S/C10H9BrClNO3S/c1-6-3-8(11)4-9(17(12,14)15)10(6)16-7(2)5-13/h3-4,7H,1-2H3. The van der Waals surface area contributed by atoms with E-state index in [9.17, 15) is 8.42 Å². The molecule has 1 unspecified atom stereocenters. The highest BCUT2D eigenvalue weighted by Crippen LogP contribution is 2.34. The molecule has 0 bridgehead atoms. The Labute approximate surface area is 113 Å². The first-order valence-electron chi connectivity index (χ1n) is 4.56. The maximum absolute atomic E-state index is 11.4. The van der Waals surface area contributed by atoms with Gasteiger partial charge in [-0.3, -0.25) is 0 Å². The Morgan fingerprint density at radius 3 is 2.59 bits per heavy atom. The number of benzene rings is 1. The highest BCUT2D eigenvalue weighted by molar-refractivity contribution is 9.10. The van der Waals surface area contributed by atoms with Crippen LogP contribution < -0.4 is 4.74 Å². The number of hydrogen-bond donors (Lipinski definition) is 0. The predicted molar refractivity (Wildman–Crippen MR) is 67.6 cm³/mol. The molecule has 4 nitrogen and oxygen atoms in total. The molecule has 0 aromatic heterocycles. The van der Waals surface area contributed by atoms with Crippen LogP contribution in [0, 0.1) is 18.3 Å². The van der Waals surface area contributed by atoms with Gasteiger partial charge in [0.1, 0.15) is 16.7 Å². The molecule has 17 heavy (non-hydrogen) atoms. The summed E-state index contributed by atoms with van der Waals surface area (Å²) in [6, 6.07) is 4.89. The molecular weight excluding hydrogens is 330 g/mol. The van der Waals surface area contributed by atoms with E-state index in [1.807, 2.05) is 6.07 Å². The Morgan fingerprint density at radius 1 is 1.53 bits per heavy atom. The molecule has 7 heteroatoms. The van der Waals surface area contributed by atoms with E-state index in [1.165, 1.54) is 13.0 Å². The lowest BCUT2D eigenvalue weighted by Gasteiger charge is -2.14. The van der Waals surface area contributed by atoms with Gasteiger partial charge in [0.25, 0.3) is 9.05 Å². The Kier molecular flexibility index (Phi) is 4.42. The van der Waals surface area contributed by atoms with Crippen LogP contribution in [0.3, 0.4) is 0 Å². The second-order valence-electron chi connectivity index (χ2n) is 3.38. The van der Waals surface area contributed by atoms with Crippen molar-refractivity contribution in [1.29, 1.82) is 5.26 Å². The fraction of sp³-hybridized carbons (Fsp3) is 0.300. The van der Waals surface area contributed by atoms with Crippen LogP contribution in [-0.4, -0.2) is 14.5 Å². The van der Waals surface area contributed by atoms with E-state index in [0.717, 1.165) is 0 Å². The minimum absolute atomic E-state index is 0.109. The Bertz CT molecular complexity index is 580. The fourth-order valence-corrected chi connectivity index (χ4v) is 3.00. The summed E-state index contributed by atoms with van der Waals surface area (Å²) >= 11 is 3.18. The summed E-state index contributed by atoms with van der Waals surface area (Å²) in [6.45, 7) is 3.20. The van der Waals surface area contributed by atoms with Crippen LogP contribution in [0.2, 0.25) is 0 Å². The summed E-state index contributed by atoms with van der Waals surface area (Å²) in [5.41, 5.74) is 0.584. The van der Waals surface area contributed by atoms with Gasteiger partial charge in [0, 0.05) is 15.2 Å². The number of hydrogen-bond acceptors (Lipinski definition) is 4. The number of halogens is 2. The number of nitriles is 1. The smallest absolute Gasteiger partial charge is 0.265 e. The molecule has 0 N–H and O–H groups in total. The van der Waals surface area contributed by atoms with Crippen molar-refractivity contribution in [1.82, 2.24) is 0 Å². The van der Waals surface area contributed by atoms with E-state index in [0.29, 0.717) is 10.0 Å². The van der Waals surface area contributed by atoms with Gasteiger partial charge in [-0.2, -0.15) is 5.26 Å². The first kappa shape index (κ1) is 14.3. The van der Waals surface area contributed by atoms with Crippen molar-refractivity contribution in [3.63, 3.8) is 0 Å². The molecule has 0 spiro atoms. The van der Waals surface area contributed by atoms with Crippen molar-refractivity contribution in [3.8, 4) is 11.8 Å². The van der Waals surface area contributed by atoms with Gasteiger partial charge in [-0.25, -0.2) is 8.42 Å². The van der Waals surface area contributed by atoms with Gasteiger partial charge >= 0.3 is 0 Å². The Morgan fingerprint density at radius 2 is 2.12 bits per heavy atom. The van der Waals surface area contributed by atoms with Gasteiger partial charge in [0.2, 0.25) is 0 Å². The SMILES string of the molecule is Cc1cc(Br)cc(S(=O)(=O)Cl)c1OC(C)C#N. The summed E-state index contributed by atoms with van der Waals surface area (Å²) in [5, 5.41) is 8.67. The van der Waals surface area contributed by atoms with Crippen LogP contribution in [0.25, 0.3) is 0 Å². The van der Waals surface area contributed by atoms with Gasteiger partial charge in [0.15, 0.2) is 6.10 Å². The quantitative estimate of drug-likeness (QED) is 0.795. The molecule has 0 amide bonds. The Hall–Kier alpha value is -0.770. The van der Waals surface area contributed by atoms with E-state index < -0.39 is 15.2 Å². The molecular formula is C10H9BrClNO3S. The molecule has 1 aromatic carbocycles. The number of ether oxygens (including phenoxy) is 1. The molecule has 0 heterocycles. The summed E-state index contributed by atoms with van der Waals surface area (Å²) in [4.78, 5) is -0.145. The molecule has 0 saturated heterocycles. The van der Waals surface area contributed by atoms with Crippen LogP contribution in [0.15, 0.2) is 21.5 Å². The predicted octanol–water partition coefficient (Wildman–Crippen LogP) is 2.98. The van der Waals surface area contributed by atoms with E-state index in [4.69, 9.17) is 20.7 Å². The molecule has 92 valence electrons. The summed E-state index contributed by atoms with van der Waals surface area (Å²) in [6.07, 6.45) is -0.757. The molecule has 1 rings (SSSR count). The van der Waals surface area contributed by atoms with E-state index in [2.05, 4.69) is 15.9 Å². The van der Waals surface area contributed by atoms with Crippen LogP contribution in [-0.2, 0) is 9.05 Å². The molecule has 0 aliphatic carbocycles. The van der Waals surface area contributed by atoms with Crippen LogP contribution in [0.4, 0.5) is 0 Å². The lowest BCUT2D eigenvalue weighted by molar-refractivity contribution is 0.267. The van der Waals surface area contributed by atoms with Gasteiger partial charge in [-0.1, -0.05) is 15.9 Å².